The van der Waals surface area contributed by atoms with Gasteiger partial charge in [-0.25, -0.2) is 9.98 Å². The average molecular weight is 282 g/mol. The highest BCUT2D eigenvalue weighted by atomic mass is 79.9. The molecule has 0 bridgehead atoms. The van der Waals surface area contributed by atoms with Gasteiger partial charge in [-0.05, 0) is 17.7 Å². The third-order valence-electron chi connectivity index (χ3n) is 2.52. The minimum atomic E-state index is 0. The van der Waals surface area contributed by atoms with Gasteiger partial charge in [0.05, 0.1) is 17.3 Å². The Morgan fingerprint density at radius 2 is 1.81 bits per heavy atom. The van der Waals surface area contributed by atoms with Crippen molar-refractivity contribution in [2.45, 2.75) is 0 Å². The fourth-order valence-electron chi connectivity index (χ4n) is 1.94. The van der Waals surface area contributed by atoms with E-state index in [4.69, 9.17) is 5.73 Å². The Hall–Kier alpha value is -1.46. The van der Waals surface area contributed by atoms with E-state index in [-0.39, 0.29) is 28.4 Å². The minimum absolute atomic E-state index is 0. The number of nitrogens with two attached hydrogens (primary N) is 1. The van der Waals surface area contributed by atoms with Gasteiger partial charge < -0.3 is 11.2 Å². The first-order valence-electron chi connectivity index (χ1n) is 4.54. The van der Waals surface area contributed by atoms with Crippen LogP contribution in [0.4, 0.5) is 0 Å². The van der Waals surface area contributed by atoms with Gasteiger partial charge in [-0.1, -0.05) is 24.3 Å². The molecule has 84 valence electrons. The third-order valence-corrected chi connectivity index (χ3v) is 2.52. The molecule has 0 aromatic carbocycles. The molecule has 0 amide bonds. The molecule has 0 radical (unpaired) electrons. The lowest BCUT2D eigenvalue weighted by molar-refractivity contribution is 0.824. The molecule has 0 saturated carbocycles. The van der Waals surface area contributed by atoms with Gasteiger partial charge in [0.2, 0.25) is 5.96 Å². The predicted molar refractivity (Wildman–Crippen MR) is 70.9 cm³/mol. The van der Waals surface area contributed by atoms with Crippen molar-refractivity contribution in [3.8, 4) is 0 Å². The van der Waals surface area contributed by atoms with Crippen LogP contribution in [0.5, 0.6) is 0 Å². The van der Waals surface area contributed by atoms with E-state index in [1.807, 2.05) is 24.3 Å². The zero-order chi connectivity index (χ0) is 9.54. The van der Waals surface area contributed by atoms with Gasteiger partial charge in [0.25, 0.3) is 0 Å². The smallest absolute Gasteiger partial charge is 0.220 e. The van der Waals surface area contributed by atoms with Crippen LogP contribution in [0.25, 0.3) is 0 Å². The molecule has 0 spiro atoms. The second-order valence-electron chi connectivity index (χ2n) is 3.42. The van der Waals surface area contributed by atoms with Crippen molar-refractivity contribution in [3.05, 3.63) is 47.7 Å². The predicted octanol–water partition coefficient (Wildman–Crippen LogP) is 1.07. The van der Waals surface area contributed by atoms with Crippen LogP contribution in [0.3, 0.4) is 0 Å². The SMILES string of the molecule is Br.NC1=NC2=CC=CC3=CC=CC(=N1)C32.O. The Kier molecular flexibility index (Phi) is 3.62. The summed E-state index contributed by atoms with van der Waals surface area (Å²) < 4.78 is 0. The summed E-state index contributed by atoms with van der Waals surface area (Å²) in [4.78, 5) is 8.46. The fraction of sp³-hybridized carbons (Fsp3) is 0.0909. The van der Waals surface area contributed by atoms with Gasteiger partial charge >= 0.3 is 0 Å². The molecule has 0 fully saturated rings. The Labute approximate surface area is 104 Å². The molecule has 2 aliphatic carbocycles. The van der Waals surface area contributed by atoms with E-state index in [1.165, 1.54) is 5.57 Å². The number of halogens is 1. The third kappa shape index (κ3) is 1.79. The molecule has 0 aromatic heterocycles. The number of nitrogens with zero attached hydrogens (tertiary/aromatic N) is 2. The zero-order valence-electron chi connectivity index (χ0n) is 8.42. The number of guanidine groups is 1. The summed E-state index contributed by atoms with van der Waals surface area (Å²) >= 11 is 0. The number of hydrogen-bond acceptors (Lipinski definition) is 3. The molecule has 16 heavy (non-hydrogen) atoms. The van der Waals surface area contributed by atoms with Gasteiger partial charge in [-0.15, -0.1) is 17.0 Å². The summed E-state index contributed by atoms with van der Waals surface area (Å²) in [6.07, 6.45) is 12.1. The lowest BCUT2D eigenvalue weighted by Crippen LogP contribution is -2.28. The largest absolute Gasteiger partial charge is 0.412 e. The van der Waals surface area contributed by atoms with Crippen LogP contribution < -0.4 is 5.73 Å². The van der Waals surface area contributed by atoms with Crippen molar-refractivity contribution < 1.29 is 5.48 Å². The van der Waals surface area contributed by atoms with Crippen LogP contribution in [-0.2, 0) is 0 Å². The topological polar surface area (TPSA) is 82.2 Å². The molecule has 4 nitrogen and oxygen atoms in total. The molecule has 1 unspecified atom stereocenters. The first-order chi connectivity index (χ1) is 6.84. The first kappa shape index (κ1) is 12.6. The maximum Gasteiger partial charge on any atom is 0.220 e. The molecule has 1 atom stereocenters. The Morgan fingerprint density at radius 3 is 2.62 bits per heavy atom. The quantitative estimate of drug-likeness (QED) is 0.708. The van der Waals surface area contributed by atoms with Crippen LogP contribution in [0.2, 0.25) is 0 Å². The lowest BCUT2D eigenvalue weighted by Gasteiger charge is -2.26. The van der Waals surface area contributed by atoms with Crippen molar-refractivity contribution in [2.24, 2.45) is 21.6 Å². The summed E-state index contributed by atoms with van der Waals surface area (Å²) in [6, 6.07) is 0. The normalized spacial score (nSPS) is 23.9. The molecular formula is C11H12BrN3O. The van der Waals surface area contributed by atoms with E-state index in [1.54, 1.807) is 0 Å². The van der Waals surface area contributed by atoms with E-state index in [0.29, 0.717) is 5.96 Å². The van der Waals surface area contributed by atoms with Crippen molar-refractivity contribution >= 4 is 28.7 Å². The number of allylic oxidation sites excluding steroid dienone is 7. The summed E-state index contributed by atoms with van der Waals surface area (Å²) in [5.74, 6) is 0.556. The van der Waals surface area contributed by atoms with E-state index in [0.717, 1.165) is 11.4 Å². The lowest BCUT2D eigenvalue weighted by atomic mass is 9.83. The maximum atomic E-state index is 5.62. The second kappa shape index (κ2) is 4.59. The Bertz CT molecular complexity index is 481. The molecular weight excluding hydrogens is 270 g/mol. The molecule has 3 rings (SSSR count). The van der Waals surface area contributed by atoms with Crippen LogP contribution >= 0.6 is 17.0 Å². The fourth-order valence-corrected chi connectivity index (χ4v) is 1.94. The van der Waals surface area contributed by atoms with Gasteiger partial charge in [0.1, 0.15) is 0 Å². The summed E-state index contributed by atoms with van der Waals surface area (Å²) in [5.41, 5.74) is 8.84. The standard InChI is InChI=1S/C11H9N3.BrH.H2O/c12-11-13-8-5-1-3-7-4-2-6-9(14-11)10(7)8;;/h1-6,10H,(H2,12,13,14);1H;1H2. The molecule has 3 aliphatic rings. The highest BCUT2D eigenvalue weighted by Gasteiger charge is 2.28. The maximum absolute atomic E-state index is 5.62. The number of aliphatic imine (C=N–C) groups is 2. The summed E-state index contributed by atoms with van der Waals surface area (Å²) in [5, 5.41) is 0. The van der Waals surface area contributed by atoms with Crippen LogP contribution in [0.1, 0.15) is 0 Å². The monoisotopic (exact) mass is 281 g/mol. The molecule has 1 aliphatic heterocycles. The van der Waals surface area contributed by atoms with E-state index in [2.05, 4.69) is 22.1 Å². The first-order valence-corrected chi connectivity index (χ1v) is 4.54. The van der Waals surface area contributed by atoms with Gasteiger partial charge in [-0.3, -0.25) is 0 Å². The highest BCUT2D eigenvalue weighted by molar-refractivity contribution is 8.93. The molecule has 4 N–H and O–H groups in total. The van der Waals surface area contributed by atoms with E-state index in [9.17, 15) is 0 Å². The molecule has 0 saturated heterocycles. The number of hydrogen-bond donors (Lipinski definition) is 1. The highest BCUT2D eigenvalue weighted by Crippen LogP contribution is 2.32. The zero-order valence-corrected chi connectivity index (χ0v) is 10.1. The van der Waals surface area contributed by atoms with Crippen molar-refractivity contribution in [1.29, 1.82) is 0 Å². The summed E-state index contributed by atoms with van der Waals surface area (Å²) in [7, 11) is 0. The van der Waals surface area contributed by atoms with Crippen LogP contribution in [0.15, 0.2) is 57.7 Å². The van der Waals surface area contributed by atoms with Gasteiger partial charge in [0.15, 0.2) is 0 Å². The van der Waals surface area contributed by atoms with Crippen LogP contribution in [-0.4, -0.2) is 17.1 Å². The minimum Gasteiger partial charge on any atom is -0.412 e. The average Bonchev–Trinajstić information content (AvgIpc) is 2.18. The Balaban J connectivity index is 0.000000640. The summed E-state index contributed by atoms with van der Waals surface area (Å²) in [6.45, 7) is 0. The van der Waals surface area contributed by atoms with Crippen molar-refractivity contribution in [2.75, 3.05) is 0 Å². The molecule has 0 aromatic rings. The van der Waals surface area contributed by atoms with Crippen molar-refractivity contribution in [3.63, 3.8) is 0 Å². The van der Waals surface area contributed by atoms with Crippen molar-refractivity contribution in [1.82, 2.24) is 0 Å². The van der Waals surface area contributed by atoms with E-state index < -0.39 is 0 Å². The second-order valence-corrected chi connectivity index (χ2v) is 3.42. The number of rotatable bonds is 0. The molecule has 1 heterocycles. The van der Waals surface area contributed by atoms with Gasteiger partial charge in [0, 0.05) is 0 Å². The Morgan fingerprint density at radius 1 is 1.06 bits per heavy atom. The van der Waals surface area contributed by atoms with Gasteiger partial charge in [-0.2, -0.15) is 0 Å². The van der Waals surface area contributed by atoms with E-state index >= 15 is 0 Å². The molecule has 5 heteroatoms. The van der Waals surface area contributed by atoms with Crippen LogP contribution in [0, 0.1) is 5.92 Å².